The van der Waals surface area contributed by atoms with E-state index in [1.54, 1.807) is 0 Å². The van der Waals surface area contributed by atoms with Gasteiger partial charge >= 0.3 is 5.69 Å². The molecule has 0 radical (unpaired) electrons. The first-order valence-corrected chi connectivity index (χ1v) is 10.7. The largest absolute Gasteiger partial charge is 0.494 e. The van der Waals surface area contributed by atoms with E-state index in [-0.39, 0.29) is 45.8 Å². The van der Waals surface area contributed by atoms with Crippen molar-refractivity contribution >= 4 is 22.2 Å². The minimum absolute atomic E-state index is 0.00168. The smallest absolute Gasteiger partial charge is 0.329 e. The van der Waals surface area contributed by atoms with E-state index in [1.165, 1.54) is 24.7 Å². The first-order chi connectivity index (χ1) is 14.7. The summed E-state index contributed by atoms with van der Waals surface area (Å²) in [6.45, 7) is 1.44. The number of alkyl halides is 2. The van der Waals surface area contributed by atoms with E-state index in [0.29, 0.717) is 9.75 Å². The summed E-state index contributed by atoms with van der Waals surface area (Å²) in [6, 6.07) is 1.23. The zero-order valence-corrected chi connectivity index (χ0v) is 17.5. The predicted molar refractivity (Wildman–Crippen MR) is 110 cm³/mol. The van der Waals surface area contributed by atoms with Crippen molar-refractivity contribution in [2.24, 2.45) is 0 Å². The fraction of sp³-hybridized carbons (Fsp3) is 0.429. The number of aromatic amines is 1. The molecule has 1 atom stereocenters. The van der Waals surface area contributed by atoms with Crippen LogP contribution in [0, 0.1) is 12.7 Å². The number of aliphatic hydroxyl groups is 1. The number of nitrogens with one attached hydrogen (secondary N) is 1. The van der Waals surface area contributed by atoms with Crippen LogP contribution in [0.4, 0.5) is 13.2 Å². The molecule has 31 heavy (non-hydrogen) atoms. The van der Waals surface area contributed by atoms with Crippen molar-refractivity contribution in [3.63, 3.8) is 0 Å². The van der Waals surface area contributed by atoms with Crippen LogP contribution in [0.25, 0.3) is 21.3 Å². The van der Waals surface area contributed by atoms with Gasteiger partial charge in [0.2, 0.25) is 0 Å². The Morgan fingerprint density at radius 3 is 2.68 bits per heavy atom. The van der Waals surface area contributed by atoms with Gasteiger partial charge in [-0.15, -0.1) is 11.3 Å². The maximum absolute atomic E-state index is 15.6. The zero-order valence-electron chi connectivity index (χ0n) is 16.7. The third kappa shape index (κ3) is 2.88. The Kier molecular flexibility index (Phi) is 4.39. The molecule has 1 aromatic carbocycles. The molecule has 5 rings (SSSR count). The number of nitrogens with zero attached hydrogens (tertiary/aromatic N) is 1. The number of ether oxygens (including phenoxy) is 1. The maximum Gasteiger partial charge on any atom is 0.329 e. The van der Waals surface area contributed by atoms with Gasteiger partial charge in [-0.1, -0.05) is 0 Å². The van der Waals surface area contributed by atoms with Gasteiger partial charge in [-0.25, -0.2) is 18.0 Å². The van der Waals surface area contributed by atoms with E-state index in [2.05, 4.69) is 4.98 Å². The Morgan fingerprint density at radius 1 is 1.32 bits per heavy atom. The maximum atomic E-state index is 15.6. The zero-order chi connectivity index (χ0) is 22.2. The van der Waals surface area contributed by atoms with Gasteiger partial charge in [-0.3, -0.25) is 14.3 Å². The van der Waals surface area contributed by atoms with Crippen LogP contribution in [0.15, 0.2) is 15.7 Å². The van der Waals surface area contributed by atoms with Crippen LogP contribution in [0.2, 0.25) is 0 Å². The normalized spacial score (nSPS) is 20.1. The summed E-state index contributed by atoms with van der Waals surface area (Å²) in [4.78, 5) is 28.2. The van der Waals surface area contributed by atoms with Gasteiger partial charge in [0.15, 0.2) is 5.75 Å². The number of fused-ring (bicyclic) bond motifs is 2. The molecular formula is C21H19F3N2O4S. The number of aliphatic hydroxyl groups excluding tert-OH is 1. The first kappa shape index (κ1) is 20.3. The summed E-state index contributed by atoms with van der Waals surface area (Å²) < 4.78 is 50.5. The second-order valence-electron chi connectivity index (χ2n) is 8.08. The van der Waals surface area contributed by atoms with Crippen molar-refractivity contribution in [1.82, 2.24) is 9.55 Å². The third-order valence-corrected chi connectivity index (χ3v) is 7.32. The molecule has 0 amide bonds. The molecule has 3 aromatic rings. The summed E-state index contributed by atoms with van der Waals surface area (Å²) in [6.07, 6.45) is -0.916. The first-order valence-electron chi connectivity index (χ1n) is 9.89. The Morgan fingerprint density at radius 2 is 2.03 bits per heavy atom. The number of thiophene rings is 1. The van der Waals surface area contributed by atoms with E-state index in [4.69, 9.17) is 4.74 Å². The molecule has 0 bridgehead atoms. The van der Waals surface area contributed by atoms with E-state index < -0.39 is 35.5 Å². The number of methoxy groups -OCH3 is 1. The molecule has 1 unspecified atom stereocenters. The Hall–Kier alpha value is -2.59. The average molecular weight is 452 g/mol. The highest BCUT2D eigenvalue weighted by molar-refractivity contribution is 7.15. The summed E-state index contributed by atoms with van der Waals surface area (Å²) in [5.41, 5.74) is -0.999. The molecule has 164 valence electrons. The van der Waals surface area contributed by atoms with Crippen LogP contribution in [0.3, 0.4) is 0 Å². The van der Waals surface area contributed by atoms with E-state index >= 15 is 4.39 Å². The second-order valence-corrected chi connectivity index (χ2v) is 9.22. The van der Waals surface area contributed by atoms with Crippen molar-refractivity contribution in [1.29, 1.82) is 0 Å². The molecule has 2 heterocycles. The molecule has 2 aliphatic carbocycles. The minimum atomic E-state index is -3.26. The van der Waals surface area contributed by atoms with Crippen LogP contribution >= 0.6 is 11.3 Å². The lowest BCUT2D eigenvalue weighted by Crippen LogP contribution is -2.31. The summed E-state index contributed by atoms with van der Waals surface area (Å²) >= 11 is 1.11. The number of halogens is 3. The number of hydrogen-bond acceptors (Lipinski definition) is 5. The van der Waals surface area contributed by atoms with Crippen molar-refractivity contribution in [3.8, 4) is 16.2 Å². The van der Waals surface area contributed by atoms with Gasteiger partial charge in [0.25, 0.3) is 11.5 Å². The molecule has 0 spiro atoms. The number of aromatic nitrogens is 2. The summed E-state index contributed by atoms with van der Waals surface area (Å²) in [5, 5.41) is 10.1. The molecule has 2 N–H and O–H groups in total. The van der Waals surface area contributed by atoms with Gasteiger partial charge in [0.1, 0.15) is 17.4 Å². The van der Waals surface area contributed by atoms with E-state index in [1.807, 2.05) is 0 Å². The highest BCUT2D eigenvalue weighted by atomic mass is 32.1. The van der Waals surface area contributed by atoms with Gasteiger partial charge < -0.3 is 9.84 Å². The minimum Gasteiger partial charge on any atom is -0.494 e. The summed E-state index contributed by atoms with van der Waals surface area (Å²) in [7, 11) is 1.31. The molecular weight excluding hydrogens is 433 g/mol. The van der Waals surface area contributed by atoms with Gasteiger partial charge in [0, 0.05) is 33.3 Å². The number of aryl methyl sites for hydroxylation is 2. The Bertz CT molecular complexity index is 1350. The Labute approximate surface area is 177 Å². The average Bonchev–Trinajstić information content (AvgIpc) is 3.45. The Balaban J connectivity index is 1.86. The van der Waals surface area contributed by atoms with E-state index in [0.717, 1.165) is 24.2 Å². The quantitative estimate of drug-likeness (QED) is 0.633. The molecule has 6 nitrogen and oxygen atoms in total. The van der Waals surface area contributed by atoms with Crippen molar-refractivity contribution in [3.05, 3.63) is 48.7 Å². The van der Waals surface area contributed by atoms with Gasteiger partial charge in [-0.05, 0) is 32.3 Å². The van der Waals surface area contributed by atoms with Crippen LogP contribution < -0.4 is 16.0 Å². The SMILES string of the molecule is COc1c(-c2cc3c(s2)CCC(F)(F)C3O)c(F)c(C)c2c(=O)[nH]c(=O)n(C3CC3)c12. The van der Waals surface area contributed by atoms with Gasteiger partial charge in [0.05, 0.1) is 18.1 Å². The van der Waals surface area contributed by atoms with Gasteiger partial charge in [-0.2, -0.15) is 0 Å². The topological polar surface area (TPSA) is 84.3 Å². The lowest BCUT2D eigenvalue weighted by Gasteiger charge is -2.27. The van der Waals surface area contributed by atoms with Crippen molar-refractivity contribution in [2.75, 3.05) is 7.11 Å². The lowest BCUT2D eigenvalue weighted by molar-refractivity contribution is -0.121. The van der Waals surface area contributed by atoms with Crippen molar-refractivity contribution in [2.45, 2.75) is 50.7 Å². The van der Waals surface area contributed by atoms with Crippen molar-refractivity contribution < 1.29 is 23.0 Å². The second kappa shape index (κ2) is 6.70. The monoisotopic (exact) mass is 452 g/mol. The molecule has 0 saturated heterocycles. The number of H-pyrrole nitrogens is 1. The number of hydrogen-bond donors (Lipinski definition) is 2. The standard InChI is InChI=1S/C21H19F3N2O4S/c1-8-13-16(26(9-3-4-9)20(29)25-19(13)28)17(30-2)14(15(8)22)12-7-10-11(31-12)5-6-21(23,24)18(10)27/h7,9,18,27H,3-6H2,1-2H3,(H,25,28,29). The predicted octanol–water partition coefficient (Wildman–Crippen LogP) is 3.82. The van der Waals surface area contributed by atoms with E-state index in [9.17, 15) is 23.5 Å². The highest BCUT2D eigenvalue weighted by Crippen LogP contribution is 2.50. The third-order valence-electron chi connectivity index (χ3n) is 6.09. The highest BCUT2D eigenvalue weighted by Gasteiger charge is 2.44. The number of benzene rings is 1. The molecule has 0 aliphatic heterocycles. The molecule has 2 aliphatic rings. The van der Waals surface area contributed by atoms with Crippen LogP contribution in [0.5, 0.6) is 5.75 Å². The van der Waals surface area contributed by atoms with Crippen LogP contribution in [-0.4, -0.2) is 27.7 Å². The molecule has 1 fully saturated rings. The van der Waals surface area contributed by atoms with Crippen LogP contribution in [0.1, 0.15) is 47.4 Å². The van der Waals surface area contributed by atoms with Crippen LogP contribution in [-0.2, 0) is 6.42 Å². The molecule has 1 saturated carbocycles. The number of rotatable bonds is 3. The fourth-order valence-corrected chi connectivity index (χ4v) is 5.60. The lowest BCUT2D eigenvalue weighted by atomic mass is 9.92. The molecule has 10 heteroatoms. The fourth-order valence-electron chi connectivity index (χ4n) is 4.37. The molecule has 2 aromatic heterocycles. The summed E-state index contributed by atoms with van der Waals surface area (Å²) in [5.74, 6) is -3.98.